The maximum atomic E-state index is 10.7. The molecule has 0 bridgehead atoms. The van der Waals surface area contributed by atoms with Crippen LogP contribution >= 0.6 is 0 Å². The summed E-state index contributed by atoms with van der Waals surface area (Å²) in [7, 11) is 0. The molecule has 0 spiro atoms. The fraction of sp³-hybridized carbons (Fsp3) is 0.0714. The van der Waals surface area contributed by atoms with Gasteiger partial charge in [-0.3, -0.25) is 0 Å². The Balaban J connectivity index is 1.64. The lowest BCUT2D eigenvalue weighted by molar-refractivity contribution is 0.0660. The molecular formula is C14H12N4O3. The molecule has 7 heteroatoms. The van der Waals surface area contributed by atoms with E-state index in [1.54, 1.807) is 17.1 Å². The minimum Gasteiger partial charge on any atom is -0.475 e. The van der Waals surface area contributed by atoms with Gasteiger partial charge in [-0.05, 0) is 36.4 Å². The fourth-order valence-corrected chi connectivity index (χ4v) is 1.85. The van der Waals surface area contributed by atoms with E-state index in [2.05, 4.69) is 15.4 Å². The monoisotopic (exact) mass is 284 g/mol. The maximum Gasteiger partial charge on any atom is 0.371 e. The summed E-state index contributed by atoms with van der Waals surface area (Å²) in [5.74, 6) is -0.570. The van der Waals surface area contributed by atoms with Gasteiger partial charge in [0.05, 0.1) is 12.2 Å². The van der Waals surface area contributed by atoms with Gasteiger partial charge in [0.15, 0.2) is 0 Å². The van der Waals surface area contributed by atoms with Crippen molar-refractivity contribution in [3.63, 3.8) is 0 Å². The van der Waals surface area contributed by atoms with Gasteiger partial charge in [-0.25, -0.2) is 14.5 Å². The third-order valence-electron chi connectivity index (χ3n) is 2.89. The summed E-state index contributed by atoms with van der Waals surface area (Å²) < 4.78 is 6.83. The molecule has 0 saturated heterocycles. The zero-order chi connectivity index (χ0) is 14.7. The fourth-order valence-electron chi connectivity index (χ4n) is 1.85. The number of carboxylic acids is 1. The highest BCUT2D eigenvalue weighted by molar-refractivity contribution is 5.84. The van der Waals surface area contributed by atoms with E-state index in [-0.39, 0.29) is 5.76 Å². The van der Waals surface area contributed by atoms with Gasteiger partial charge in [0.1, 0.15) is 18.4 Å². The van der Waals surface area contributed by atoms with Gasteiger partial charge in [0.25, 0.3) is 0 Å². The topological polar surface area (TPSA) is 93.2 Å². The number of carboxylic acid groups (broad SMARTS) is 1. The number of benzene rings is 1. The van der Waals surface area contributed by atoms with E-state index in [9.17, 15) is 4.79 Å². The third kappa shape index (κ3) is 2.92. The molecule has 106 valence electrons. The van der Waals surface area contributed by atoms with Crippen molar-refractivity contribution in [3.8, 4) is 5.69 Å². The first kappa shape index (κ1) is 12.9. The molecule has 0 fully saturated rings. The standard InChI is InChI=1S/C14H12N4O3/c19-14(20)13-6-5-12(21-13)7-16-10-1-3-11(4-2-10)18-9-15-8-17-18/h1-6,8-9,16H,7H2,(H,19,20). The highest BCUT2D eigenvalue weighted by Gasteiger charge is 2.08. The smallest absolute Gasteiger partial charge is 0.371 e. The van der Waals surface area contributed by atoms with E-state index in [0.717, 1.165) is 11.4 Å². The molecule has 0 radical (unpaired) electrons. The van der Waals surface area contributed by atoms with Crippen LogP contribution in [0.4, 0.5) is 5.69 Å². The lowest BCUT2D eigenvalue weighted by Gasteiger charge is -2.06. The van der Waals surface area contributed by atoms with Crippen molar-refractivity contribution in [2.75, 3.05) is 5.32 Å². The van der Waals surface area contributed by atoms with Gasteiger partial charge >= 0.3 is 5.97 Å². The number of aromatic carboxylic acids is 1. The maximum absolute atomic E-state index is 10.7. The van der Waals surface area contributed by atoms with E-state index in [1.807, 2.05) is 24.3 Å². The van der Waals surface area contributed by atoms with Crippen LogP contribution in [-0.4, -0.2) is 25.8 Å². The Kier molecular flexibility index (Phi) is 3.38. The molecule has 0 aliphatic carbocycles. The molecule has 0 aliphatic rings. The first-order chi connectivity index (χ1) is 10.2. The third-order valence-corrected chi connectivity index (χ3v) is 2.89. The van der Waals surface area contributed by atoms with Crippen molar-refractivity contribution < 1.29 is 14.3 Å². The highest BCUT2D eigenvalue weighted by atomic mass is 16.4. The van der Waals surface area contributed by atoms with Gasteiger partial charge in [0, 0.05) is 5.69 Å². The largest absolute Gasteiger partial charge is 0.475 e. The number of furan rings is 1. The number of carbonyl (C=O) groups is 1. The van der Waals surface area contributed by atoms with E-state index in [4.69, 9.17) is 9.52 Å². The minimum atomic E-state index is -1.07. The molecule has 0 unspecified atom stereocenters. The summed E-state index contributed by atoms with van der Waals surface area (Å²) in [6, 6.07) is 10.7. The Hall–Kier alpha value is -3.09. The lowest BCUT2D eigenvalue weighted by atomic mass is 10.3. The molecule has 2 N–H and O–H groups in total. The van der Waals surface area contributed by atoms with Crippen molar-refractivity contribution in [2.24, 2.45) is 0 Å². The molecule has 3 aromatic rings. The summed E-state index contributed by atoms with van der Waals surface area (Å²) in [6.45, 7) is 0.413. The molecule has 3 rings (SSSR count). The van der Waals surface area contributed by atoms with E-state index >= 15 is 0 Å². The molecule has 2 aromatic heterocycles. The van der Waals surface area contributed by atoms with Crippen LogP contribution in [0, 0.1) is 0 Å². The van der Waals surface area contributed by atoms with Crippen LogP contribution in [0.15, 0.2) is 53.5 Å². The van der Waals surface area contributed by atoms with Crippen molar-refractivity contribution >= 4 is 11.7 Å². The normalized spacial score (nSPS) is 10.5. The predicted molar refractivity (Wildman–Crippen MR) is 74.4 cm³/mol. The predicted octanol–water partition coefficient (Wildman–Crippen LogP) is 2.17. The molecule has 2 heterocycles. The minimum absolute atomic E-state index is 0.0617. The quantitative estimate of drug-likeness (QED) is 0.745. The zero-order valence-corrected chi connectivity index (χ0v) is 10.9. The van der Waals surface area contributed by atoms with Crippen LogP contribution in [0.25, 0.3) is 5.69 Å². The van der Waals surface area contributed by atoms with E-state index < -0.39 is 5.97 Å². The summed E-state index contributed by atoms with van der Waals surface area (Å²) in [5, 5.41) is 16.0. The Morgan fingerprint density at radius 1 is 1.24 bits per heavy atom. The van der Waals surface area contributed by atoms with Gasteiger partial charge in [-0.15, -0.1) is 0 Å². The second kappa shape index (κ2) is 5.49. The van der Waals surface area contributed by atoms with Crippen LogP contribution in [-0.2, 0) is 6.54 Å². The number of rotatable bonds is 5. The van der Waals surface area contributed by atoms with Crippen LogP contribution in [0.2, 0.25) is 0 Å². The average Bonchev–Trinajstić information content (AvgIpc) is 3.17. The Labute approximate surface area is 119 Å². The summed E-state index contributed by atoms with van der Waals surface area (Å²) in [4.78, 5) is 14.6. The Morgan fingerprint density at radius 3 is 2.67 bits per heavy atom. The van der Waals surface area contributed by atoms with Crippen molar-refractivity contribution in [3.05, 3.63) is 60.6 Å². The molecule has 21 heavy (non-hydrogen) atoms. The number of aromatic nitrogens is 3. The molecule has 0 saturated carbocycles. The molecule has 1 aromatic carbocycles. The number of anilines is 1. The number of hydrogen-bond donors (Lipinski definition) is 2. The van der Waals surface area contributed by atoms with Gasteiger partial charge in [0.2, 0.25) is 5.76 Å². The van der Waals surface area contributed by atoms with E-state index in [1.165, 1.54) is 12.4 Å². The van der Waals surface area contributed by atoms with Crippen LogP contribution in [0.3, 0.4) is 0 Å². The van der Waals surface area contributed by atoms with Crippen LogP contribution in [0.5, 0.6) is 0 Å². The van der Waals surface area contributed by atoms with Crippen LogP contribution < -0.4 is 5.32 Å². The van der Waals surface area contributed by atoms with Crippen LogP contribution in [0.1, 0.15) is 16.3 Å². The van der Waals surface area contributed by atoms with Gasteiger partial charge < -0.3 is 14.8 Å². The zero-order valence-electron chi connectivity index (χ0n) is 10.9. The Morgan fingerprint density at radius 2 is 2.05 bits per heavy atom. The molecular weight excluding hydrogens is 272 g/mol. The molecule has 0 atom stereocenters. The van der Waals surface area contributed by atoms with Gasteiger partial charge in [-0.1, -0.05) is 0 Å². The first-order valence-electron chi connectivity index (χ1n) is 6.23. The summed E-state index contributed by atoms with van der Waals surface area (Å²) in [5.41, 5.74) is 1.80. The highest BCUT2D eigenvalue weighted by Crippen LogP contribution is 2.14. The SMILES string of the molecule is O=C(O)c1ccc(CNc2ccc(-n3cncn3)cc2)o1. The molecule has 0 aliphatic heterocycles. The van der Waals surface area contributed by atoms with Crippen molar-refractivity contribution in [1.82, 2.24) is 14.8 Å². The molecule has 7 nitrogen and oxygen atoms in total. The molecule has 0 amide bonds. The Bertz CT molecular complexity index is 732. The number of hydrogen-bond acceptors (Lipinski definition) is 5. The number of nitrogens with zero attached hydrogens (tertiary/aromatic N) is 3. The lowest BCUT2D eigenvalue weighted by Crippen LogP contribution is -1.99. The van der Waals surface area contributed by atoms with Crippen molar-refractivity contribution in [1.29, 1.82) is 0 Å². The van der Waals surface area contributed by atoms with Gasteiger partial charge in [-0.2, -0.15) is 5.10 Å². The second-order valence-corrected chi connectivity index (χ2v) is 4.31. The van der Waals surface area contributed by atoms with E-state index in [0.29, 0.717) is 12.3 Å². The summed E-state index contributed by atoms with van der Waals surface area (Å²) >= 11 is 0. The summed E-state index contributed by atoms with van der Waals surface area (Å²) in [6.07, 6.45) is 3.10. The second-order valence-electron chi connectivity index (χ2n) is 4.31. The van der Waals surface area contributed by atoms with Crippen molar-refractivity contribution in [2.45, 2.75) is 6.54 Å². The average molecular weight is 284 g/mol. The number of nitrogens with one attached hydrogen (secondary N) is 1. The first-order valence-corrected chi connectivity index (χ1v) is 6.23.